The molecule has 1 aromatic carbocycles. The molecule has 0 aliphatic rings. The van der Waals surface area contributed by atoms with Crippen LogP contribution in [0.2, 0.25) is 0 Å². The summed E-state index contributed by atoms with van der Waals surface area (Å²) in [5.41, 5.74) is 2.13. The van der Waals surface area contributed by atoms with Gasteiger partial charge in [0.05, 0.1) is 5.56 Å². The highest BCUT2D eigenvalue weighted by Crippen LogP contribution is 2.15. The van der Waals surface area contributed by atoms with Gasteiger partial charge in [0.1, 0.15) is 5.69 Å². The maximum atomic E-state index is 12.2. The van der Waals surface area contributed by atoms with Gasteiger partial charge in [-0.1, -0.05) is 17.7 Å². The fourth-order valence-corrected chi connectivity index (χ4v) is 1.70. The second-order valence-corrected chi connectivity index (χ2v) is 4.44. The molecule has 0 saturated heterocycles. The fourth-order valence-electron chi connectivity index (χ4n) is 1.70. The lowest BCUT2D eigenvalue weighted by Crippen LogP contribution is -2.27. The highest BCUT2D eigenvalue weighted by Gasteiger charge is 2.15. The Morgan fingerprint density at radius 3 is 2.25 bits per heavy atom. The number of aromatic carboxylic acids is 1. The Balaban J connectivity index is 2.22. The zero-order chi connectivity index (χ0) is 14.7. The van der Waals surface area contributed by atoms with Crippen molar-refractivity contribution in [1.82, 2.24) is 4.98 Å². The number of nitrogens with zero attached hydrogens (tertiary/aromatic N) is 2. The number of carbonyl (C=O) groups is 2. The van der Waals surface area contributed by atoms with E-state index in [-0.39, 0.29) is 17.2 Å². The van der Waals surface area contributed by atoms with Gasteiger partial charge in [0.15, 0.2) is 0 Å². The van der Waals surface area contributed by atoms with Gasteiger partial charge in [0.2, 0.25) is 0 Å². The van der Waals surface area contributed by atoms with Gasteiger partial charge >= 0.3 is 5.97 Å². The van der Waals surface area contributed by atoms with Gasteiger partial charge < -0.3 is 10.0 Å². The number of amides is 1. The number of carboxylic acids is 1. The molecule has 102 valence electrons. The van der Waals surface area contributed by atoms with Crippen molar-refractivity contribution < 1.29 is 14.7 Å². The van der Waals surface area contributed by atoms with E-state index in [9.17, 15) is 9.59 Å². The van der Waals surface area contributed by atoms with E-state index < -0.39 is 5.97 Å². The molecule has 1 aromatic heterocycles. The van der Waals surface area contributed by atoms with Crippen LogP contribution in [0, 0.1) is 6.92 Å². The van der Waals surface area contributed by atoms with Crippen LogP contribution in [0.25, 0.3) is 0 Å². The van der Waals surface area contributed by atoms with Crippen molar-refractivity contribution in [2.75, 3.05) is 11.9 Å². The number of aryl methyl sites for hydroxylation is 1. The van der Waals surface area contributed by atoms with Crippen LogP contribution in [-0.2, 0) is 0 Å². The first-order valence-corrected chi connectivity index (χ1v) is 6.03. The topological polar surface area (TPSA) is 70.5 Å². The minimum atomic E-state index is -1.07. The summed E-state index contributed by atoms with van der Waals surface area (Å²) in [7, 11) is 1.65. The number of carboxylic acid groups (broad SMARTS) is 1. The number of carbonyl (C=O) groups excluding carboxylic acids is 1. The highest BCUT2D eigenvalue weighted by atomic mass is 16.4. The maximum Gasteiger partial charge on any atom is 0.337 e. The van der Waals surface area contributed by atoms with Crippen molar-refractivity contribution in [1.29, 1.82) is 0 Å². The van der Waals surface area contributed by atoms with Crippen LogP contribution >= 0.6 is 0 Å². The van der Waals surface area contributed by atoms with Gasteiger partial charge in [-0.3, -0.25) is 9.78 Å². The van der Waals surface area contributed by atoms with Crippen molar-refractivity contribution in [3.05, 3.63) is 59.4 Å². The number of anilines is 1. The molecule has 0 fully saturated rings. The molecule has 0 spiro atoms. The SMILES string of the molecule is Cc1ccc(N(C)C(=O)c2ccc(C(=O)O)cn2)cc1. The molecule has 1 amide bonds. The highest BCUT2D eigenvalue weighted by molar-refractivity contribution is 6.04. The summed E-state index contributed by atoms with van der Waals surface area (Å²) in [4.78, 5) is 28.3. The molecule has 1 N–H and O–H groups in total. The number of rotatable bonds is 3. The predicted octanol–water partition coefficient (Wildman–Crippen LogP) is 2.36. The first-order valence-electron chi connectivity index (χ1n) is 6.03. The normalized spacial score (nSPS) is 10.1. The van der Waals surface area contributed by atoms with E-state index in [1.165, 1.54) is 23.2 Å². The van der Waals surface area contributed by atoms with Crippen molar-refractivity contribution in [2.45, 2.75) is 6.92 Å². The molecule has 2 aromatic rings. The molecule has 0 radical (unpaired) electrons. The molecule has 0 aliphatic carbocycles. The smallest absolute Gasteiger partial charge is 0.337 e. The van der Waals surface area contributed by atoms with Gasteiger partial charge in [-0.25, -0.2) is 4.79 Å². The molecular weight excluding hydrogens is 256 g/mol. The van der Waals surface area contributed by atoms with Crippen LogP contribution in [-0.4, -0.2) is 29.0 Å². The van der Waals surface area contributed by atoms with E-state index in [1.807, 2.05) is 31.2 Å². The van der Waals surface area contributed by atoms with Gasteiger partial charge in [-0.05, 0) is 31.2 Å². The summed E-state index contributed by atoms with van der Waals surface area (Å²) in [6.45, 7) is 1.97. The largest absolute Gasteiger partial charge is 0.478 e. The van der Waals surface area contributed by atoms with Gasteiger partial charge in [-0.2, -0.15) is 0 Å². The third kappa shape index (κ3) is 2.83. The summed E-state index contributed by atoms with van der Waals surface area (Å²) in [5, 5.41) is 8.79. The third-order valence-corrected chi connectivity index (χ3v) is 2.96. The van der Waals surface area contributed by atoms with Crippen molar-refractivity contribution >= 4 is 17.6 Å². The molecule has 2 rings (SSSR count). The lowest BCUT2D eigenvalue weighted by molar-refractivity contribution is 0.0695. The van der Waals surface area contributed by atoms with E-state index in [1.54, 1.807) is 7.05 Å². The Bertz CT molecular complexity index is 633. The van der Waals surface area contributed by atoms with Gasteiger partial charge in [-0.15, -0.1) is 0 Å². The Labute approximate surface area is 116 Å². The average molecular weight is 270 g/mol. The molecule has 1 heterocycles. The molecule has 0 unspecified atom stereocenters. The summed E-state index contributed by atoms with van der Waals surface area (Å²) in [5.74, 6) is -1.35. The molecular formula is C15H14N2O3. The number of hydrogen-bond acceptors (Lipinski definition) is 3. The van der Waals surface area contributed by atoms with Gasteiger partial charge in [0, 0.05) is 18.9 Å². The molecule has 0 atom stereocenters. The van der Waals surface area contributed by atoms with Crippen LogP contribution in [0.15, 0.2) is 42.6 Å². The Kier molecular flexibility index (Phi) is 3.79. The van der Waals surface area contributed by atoms with E-state index in [0.717, 1.165) is 11.3 Å². The second kappa shape index (κ2) is 5.52. The first kappa shape index (κ1) is 13.7. The van der Waals surface area contributed by atoms with E-state index in [4.69, 9.17) is 5.11 Å². The summed E-state index contributed by atoms with van der Waals surface area (Å²) >= 11 is 0. The molecule has 5 nitrogen and oxygen atoms in total. The van der Waals surface area contributed by atoms with Crippen LogP contribution < -0.4 is 4.90 Å². The molecule has 5 heteroatoms. The number of pyridine rings is 1. The van der Waals surface area contributed by atoms with Crippen LogP contribution in [0.5, 0.6) is 0 Å². The fraction of sp³-hybridized carbons (Fsp3) is 0.133. The summed E-state index contributed by atoms with van der Waals surface area (Å²) < 4.78 is 0. The maximum absolute atomic E-state index is 12.2. The van der Waals surface area contributed by atoms with Crippen molar-refractivity contribution in [2.24, 2.45) is 0 Å². The molecule has 0 bridgehead atoms. The lowest BCUT2D eigenvalue weighted by Gasteiger charge is -2.17. The van der Waals surface area contributed by atoms with Gasteiger partial charge in [0.25, 0.3) is 5.91 Å². The van der Waals surface area contributed by atoms with E-state index in [2.05, 4.69) is 4.98 Å². The van der Waals surface area contributed by atoms with Crippen LogP contribution in [0.4, 0.5) is 5.69 Å². The van der Waals surface area contributed by atoms with Crippen LogP contribution in [0.3, 0.4) is 0 Å². The Hall–Kier alpha value is -2.69. The van der Waals surface area contributed by atoms with Crippen molar-refractivity contribution in [3.63, 3.8) is 0 Å². The minimum Gasteiger partial charge on any atom is -0.478 e. The van der Waals surface area contributed by atoms with E-state index in [0.29, 0.717) is 0 Å². The summed E-state index contributed by atoms with van der Waals surface area (Å²) in [6, 6.07) is 10.3. The molecule has 20 heavy (non-hydrogen) atoms. The zero-order valence-electron chi connectivity index (χ0n) is 11.2. The average Bonchev–Trinajstić information content (AvgIpc) is 2.46. The lowest BCUT2D eigenvalue weighted by atomic mass is 10.2. The second-order valence-electron chi connectivity index (χ2n) is 4.44. The third-order valence-electron chi connectivity index (χ3n) is 2.96. The Morgan fingerprint density at radius 2 is 1.75 bits per heavy atom. The van der Waals surface area contributed by atoms with E-state index >= 15 is 0 Å². The van der Waals surface area contributed by atoms with Crippen molar-refractivity contribution in [3.8, 4) is 0 Å². The molecule has 0 aliphatic heterocycles. The number of aromatic nitrogens is 1. The number of hydrogen-bond donors (Lipinski definition) is 1. The predicted molar refractivity (Wildman–Crippen MR) is 75.1 cm³/mol. The standard InChI is InChI=1S/C15H14N2O3/c1-10-3-6-12(7-4-10)17(2)14(18)13-8-5-11(9-16-13)15(19)20/h3-9H,1-2H3,(H,19,20). The molecule has 0 saturated carbocycles. The minimum absolute atomic E-state index is 0.0551. The summed E-state index contributed by atoms with van der Waals surface area (Å²) in [6.07, 6.45) is 1.18. The zero-order valence-corrected chi connectivity index (χ0v) is 11.2. The first-order chi connectivity index (χ1) is 9.49. The quantitative estimate of drug-likeness (QED) is 0.929. The monoisotopic (exact) mass is 270 g/mol. The Morgan fingerprint density at radius 1 is 1.10 bits per heavy atom. The number of benzene rings is 1. The van der Waals surface area contributed by atoms with Crippen LogP contribution in [0.1, 0.15) is 26.4 Å².